The molecule has 8 heteroatoms. The first kappa shape index (κ1) is 20.8. The van der Waals surface area contributed by atoms with Crippen LogP contribution in [0.3, 0.4) is 0 Å². The number of carbonyl (C=O) groups is 3. The normalized spacial score (nSPS) is 30.1. The van der Waals surface area contributed by atoms with Crippen molar-refractivity contribution in [2.24, 2.45) is 11.8 Å². The Balaban J connectivity index is 1.54. The van der Waals surface area contributed by atoms with E-state index in [1.807, 2.05) is 0 Å². The molecule has 2 heterocycles. The number of ether oxygens (including phenoxy) is 1. The first-order valence-electron chi connectivity index (χ1n) is 9.78. The Labute approximate surface area is 169 Å². The molecule has 1 N–H and O–H groups in total. The summed E-state index contributed by atoms with van der Waals surface area (Å²) in [4.78, 5) is 38.4. The van der Waals surface area contributed by atoms with Crippen LogP contribution in [0.2, 0.25) is 0 Å². The van der Waals surface area contributed by atoms with Gasteiger partial charge in [-0.3, -0.25) is 9.59 Å². The van der Waals surface area contributed by atoms with Crippen molar-refractivity contribution in [1.29, 1.82) is 0 Å². The van der Waals surface area contributed by atoms with E-state index in [9.17, 15) is 14.4 Å². The molecule has 3 rings (SSSR count). The minimum atomic E-state index is -0.723. The van der Waals surface area contributed by atoms with Crippen LogP contribution in [-0.4, -0.2) is 47.1 Å². The number of nitrogens with zero attached hydrogens (tertiary/aromatic N) is 1. The zero-order valence-electron chi connectivity index (χ0n) is 16.6. The number of thioether (sulfide) groups is 1. The van der Waals surface area contributed by atoms with Gasteiger partial charge < -0.3 is 19.4 Å². The third kappa shape index (κ3) is 4.54. The fourth-order valence-electron chi connectivity index (χ4n) is 3.99. The van der Waals surface area contributed by atoms with E-state index >= 15 is 0 Å². The molecule has 1 aliphatic heterocycles. The Bertz CT molecular complexity index is 707. The van der Waals surface area contributed by atoms with Gasteiger partial charge in [-0.05, 0) is 30.4 Å². The fraction of sp³-hybridized carbons (Fsp3) is 0.650. The van der Waals surface area contributed by atoms with Gasteiger partial charge in [-0.2, -0.15) is 0 Å². The fourth-order valence-corrected chi connectivity index (χ4v) is 5.41. The molecule has 0 radical (unpaired) electrons. The van der Waals surface area contributed by atoms with E-state index in [2.05, 4.69) is 19.2 Å². The van der Waals surface area contributed by atoms with Crippen LogP contribution in [0.5, 0.6) is 0 Å². The van der Waals surface area contributed by atoms with Crippen LogP contribution in [-0.2, 0) is 19.1 Å². The number of amides is 2. The van der Waals surface area contributed by atoms with Crippen LogP contribution >= 0.6 is 11.8 Å². The average Bonchev–Trinajstić information content (AvgIpc) is 3.32. The van der Waals surface area contributed by atoms with Crippen LogP contribution in [0.4, 0.5) is 0 Å². The highest BCUT2D eigenvalue weighted by molar-refractivity contribution is 7.99. The van der Waals surface area contributed by atoms with Gasteiger partial charge in [0, 0.05) is 18.7 Å². The lowest BCUT2D eigenvalue weighted by Gasteiger charge is -2.34. The van der Waals surface area contributed by atoms with Crippen LogP contribution < -0.4 is 5.32 Å². The first-order valence-corrected chi connectivity index (χ1v) is 10.8. The Kier molecular flexibility index (Phi) is 6.69. The van der Waals surface area contributed by atoms with E-state index in [-0.39, 0.29) is 29.8 Å². The molecule has 1 aromatic heterocycles. The number of hydrogen-bond acceptors (Lipinski definition) is 6. The highest BCUT2D eigenvalue weighted by Crippen LogP contribution is 2.41. The molecule has 1 saturated carbocycles. The van der Waals surface area contributed by atoms with Crippen molar-refractivity contribution < 1.29 is 23.5 Å². The van der Waals surface area contributed by atoms with Crippen molar-refractivity contribution in [3.8, 4) is 0 Å². The summed E-state index contributed by atoms with van der Waals surface area (Å²) in [6, 6.07) is 2.92. The second-order valence-electron chi connectivity index (χ2n) is 7.69. The van der Waals surface area contributed by atoms with Gasteiger partial charge in [0.05, 0.1) is 6.26 Å². The second kappa shape index (κ2) is 9.03. The molecular formula is C20H28N2O5S. The summed E-state index contributed by atoms with van der Waals surface area (Å²) in [5.74, 6) is 0.916. The van der Waals surface area contributed by atoms with E-state index in [0.717, 1.165) is 12.8 Å². The van der Waals surface area contributed by atoms with Gasteiger partial charge in [-0.15, -0.1) is 11.8 Å². The summed E-state index contributed by atoms with van der Waals surface area (Å²) in [5.41, 5.74) is 0. The van der Waals surface area contributed by atoms with Crippen molar-refractivity contribution in [2.75, 3.05) is 12.4 Å². The number of nitrogens with one attached hydrogen (secondary N) is 1. The number of esters is 1. The van der Waals surface area contributed by atoms with Crippen LogP contribution in [0.1, 0.15) is 51.2 Å². The summed E-state index contributed by atoms with van der Waals surface area (Å²) >= 11 is 1.45. The largest absolute Gasteiger partial charge is 0.466 e. The van der Waals surface area contributed by atoms with Crippen LogP contribution in [0.15, 0.2) is 22.8 Å². The second-order valence-corrected chi connectivity index (χ2v) is 8.81. The molecule has 0 spiro atoms. The van der Waals surface area contributed by atoms with E-state index < -0.39 is 12.0 Å². The Morgan fingerprint density at radius 1 is 1.32 bits per heavy atom. The topological polar surface area (TPSA) is 88.8 Å². The summed E-state index contributed by atoms with van der Waals surface area (Å²) in [7, 11) is 0. The maximum absolute atomic E-state index is 12.5. The summed E-state index contributed by atoms with van der Waals surface area (Å²) < 4.78 is 10.6. The standard InChI is InChI=1S/C20H28N2O5S/c1-12-6-4-7-15(13(12)2)21-18(24)10-27-20(25)16-11-28-19(22(16)14(3)23)17-8-5-9-26-17/h5,8-9,12-13,15-16,19H,4,6-7,10-11H2,1-3H3,(H,21,24)/t12-,13-,15-,16+,19-/m1/s1. The van der Waals surface area contributed by atoms with Crippen molar-refractivity contribution in [1.82, 2.24) is 10.2 Å². The predicted octanol–water partition coefficient (Wildman–Crippen LogP) is 2.73. The molecule has 154 valence electrons. The summed E-state index contributed by atoms with van der Waals surface area (Å²) in [6.07, 6.45) is 4.77. The monoisotopic (exact) mass is 408 g/mol. The van der Waals surface area contributed by atoms with Gasteiger partial charge in [0.2, 0.25) is 5.91 Å². The molecule has 1 aromatic rings. The molecule has 0 aromatic carbocycles. The lowest BCUT2D eigenvalue weighted by molar-refractivity contribution is -0.156. The minimum absolute atomic E-state index is 0.119. The number of rotatable bonds is 5. The average molecular weight is 409 g/mol. The van der Waals surface area contributed by atoms with Gasteiger partial charge >= 0.3 is 5.97 Å². The molecular weight excluding hydrogens is 380 g/mol. The van der Waals surface area contributed by atoms with E-state index in [4.69, 9.17) is 9.15 Å². The van der Waals surface area contributed by atoms with E-state index in [1.165, 1.54) is 36.3 Å². The molecule has 1 saturated heterocycles. The van der Waals surface area contributed by atoms with Gasteiger partial charge in [0.25, 0.3) is 5.91 Å². The van der Waals surface area contributed by atoms with Crippen molar-refractivity contribution >= 4 is 29.5 Å². The third-order valence-electron chi connectivity index (χ3n) is 5.82. The summed E-state index contributed by atoms with van der Waals surface area (Å²) in [6.45, 7) is 5.44. The quantitative estimate of drug-likeness (QED) is 0.754. The summed E-state index contributed by atoms with van der Waals surface area (Å²) in [5, 5.41) is 2.64. The smallest absolute Gasteiger partial charge is 0.330 e. The number of carbonyl (C=O) groups excluding carboxylic acids is 3. The molecule has 0 bridgehead atoms. The number of furan rings is 1. The maximum Gasteiger partial charge on any atom is 0.330 e. The molecule has 2 fully saturated rings. The minimum Gasteiger partial charge on any atom is -0.466 e. The van der Waals surface area contributed by atoms with Gasteiger partial charge in [0.15, 0.2) is 6.61 Å². The zero-order chi connectivity index (χ0) is 20.3. The lowest BCUT2D eigenvalue weighted by Crippen LogP contribution is -2.46. The van der Waals surface area contributed by atoms with Gasteiger partial charge in [0.1, 0.15) is 17.2 Å². The molecule has 5 atom stereocenters. The van der Waals surface area contributed by atoms with Gasteiger partial charge in [-0.25, -0.2) is 4.79 Å². The first-order chi connectivity index (χ1) is 13.4. The molecule has 1 aliphatic carbocycles. The third-order valence-corrected chi connectivity index (χ3v) is 7.10. The molecule has 28 heavy (non-hydrogen) atoms. The molecule has 0 unspecified atom stereocenters. The maximum atomic E-state index is 12.5. The lowest BCUT2D eigenvalue weighted by atomic mass is 9.78. The van der Waals surface area contributed by atoms with Gasteiger partial charge in [-0.1, -0.05) is 26.7 Å². The van der Waals surface area contributed by atoms with Crippen LogP contribution in [0.25, 0.3) is 0 Å². The van der Waals surface area contributed by atoms with E-state index in [0.29, 0.717) is 23.3 Å². The van der Waals surface area contributed by atoms with Crippen molar-refractivity contribution in [3.05, 3.63) is 24.2 Å². The Morgan fingerprint density at radius 2 is 2.11 bits per heavy atom. The van der Waals surface area contributed by atoms with Crippen LogP contribution in [0, 0.1) is 11.8 Å². The highest BCUT2D eigenvalue weighted by Gasteiger charge is 2.43. The Morgan fingerprint density at radius 3 is 2.79 bits per heavy atom. The number of hydrogen-bond donors (Lipinski definition) is 1. The van der Waals surface area contributed by atoms with E-state index in [1.54, 1.807) is 12.1 Å². The predicted molar refractivity (Wildman–Crippen MR) is 105 cm³/mol. The Hall–Kier alpha value is -1.96. The van der Waals surface area contributed by atoms with Crippen molar-refractivity contribution in [3.63, 3.8) is 0 Å². The molecule has 2 aliphatic rings. The molecule has 7 nitrogen and oxygen atoms in total. The molecule has 2 amide bonds. The zero-order valence-corrected chi connectivity index (χ0v) is 17.4. The van der Waals surface area contributed by atoms with Crippen molar-refractivity contribution in [2.45, 2.75) is 57.5 Å². The highest BCUT2D eigenvalue weighted by atomic mass is 32.2. The SMILES string of the molecule is CC(=O)N1[C@@H](c2ccco2)SC[C@H]1C(=O)OCC(=O)N[C@@H]1CCC[C@@H](C)[C@H]1C.